The summed E-state index contributed by atoms with van der Waals surface area (Å²) in [5, 5.41) is 0. The molecule has 0 aromatic heterocycles. The lowest BCUT2D eigenvalue weighted by atomic mass is 9.91. The maximum Gasteiger partial charge on any atom is 0.223 e. The molecule has 7 heteroatoms. The van der Waals surface area contributed by atoms with Crippen molar-refractivity contribution >= 4 is 15.7 Å². The van der Waals surface area contributed by atoms with Crippen LogP contribution in [0.4, 0.5) is 0 Å². The van der Waals surface area contributed by atoms with Gasteiger partial charge in [-0.05, 0) is 68.2 Å². The molecule has 0 atom stereocenters. The molecule has 1 heterocycles. The van der Waals surface area contributed by atoms with Crippen LogP contribution >= 0.6 is 0 Å². The van der Waals surface area contributed by atoms with E-state index in [9.17, 15) is 13.2 Å². The third-order valence-corrected chi connectivity index (χ3v) is 7.17. The average molecular weight is 452 g/mol. The van der Waals surface area contributed by atoms with Gasteiger partial charge in [0.05, 0.1) is 23.2 Å². The number of piperidine rings is 1. The van der Waals surface area contributed by atoms with E-state index < -0.39 is 9.84 Å². The molecule has 2 fully saturated rings. The molecule has 0 unspecified atom stereocenters. The van der Waals surface area contributed by atoms with E-state index >= 15 is 0 Å². The Morgan fingerprint density at radius 1 is 0.935 bits per heavy atom. The smallest absolute Gasteiger partial charge is 0.223 e. The fraction of sp³-hybridized carbons (Fsp3) is 0.708. The molecule has 0 bridgehead atoms. The van der Waals surface area contributed by atoms with Gasteiger partial charge in [-0.25, -0.2) is 8.42 Å². The number of carbonyl (C=O) groups is 1. The quantitative estimate of drug-likeness (QED) is 0.647. The fourth-order valence-electron chi connectivity index (χ4n) is 4.32. The molecular weight excluding hydrogens is 414 g/mol. The van der Waals surface area contributed by atoms with Gasteiger partial charge in [-0.15, -0.1) is 0 Å². The van der Waals surface area contributed by atoms with Gasteiger partial charge in [0.2, 0.25) is 5.91 Å². The summed E-state index contributed by atoms with van der Waals surface area (Å²) >= 11 is 0. The lowest BCUT2D eigenvalue weighted by molar-refractivity contribution is -0.137. The number of hydrogen-bond donors (Lipinski definition) is 0. The van der Waals surface area contributed by atoms with E-state index in [0.717, 1.165) is 51.6 Å². The predicted octanol–water partition coefficient (Wildman–Crippen LogP) is 4.22. The van der Waals surface area contributed by atoms with Crippen LogP contribution in [-0.4, -0.2) is 56.9 Å². The second kappa shape index (κ2) is 9.90. The lowest BCUT2D eigenvalue weighted by Crippen LogP contribution is -2.43. The van der Waals surface area contributed by atoms with E-state index in [1.54, 1.807) is 24.3 Å². The molecule has 174 valence electrons. The Kier molecular flexibility index (Phi) is 7.68. The number of ether oxygens (including phenoxy) is 2. The van der Waals surface area contributed by atoms with Crippen molar-refractivity contribution in [1.29, 1.82) is 0 Å². The Morgan fingerprint density at radius 3 is 1.97 bits per heavy atom. The zero-order valence-corrected chi connectivity index (χ0v) is 20.1. The largest absolute Gasteiger partial charge is 0.490 e. The van der Waals surface area contributed by atoms with Crippen LogP contribution in [-0.2, 0) is 19.4 Å². The number of likely N-dealkylation sites (tertiary alicyclic amines) is 1. The first-order chi connectivity index (χ1) is 14.5. The van der Waals surface area contributed by atoms with Crippen LogP contribution in [0.2, 0.25) is 0 Å². The van der Waals surface area contributed by atoms with Crippen LogP contribution in [0.3, 0.4) is 0 Å². The van der Waals surface area contributed by atoms with Crippen molar-refractivity contribution in [2.24, 2.45) is 5.41 Å². The minimum Gasteiger partial charge on any atom is -0.490 e. The van der Waals surface area contributed by atoms with Crippen molar-refractivity contribution in [3.63, 3.8) is 0 Å². The van der Waals surface area contributed by atoms with Crippen LogP contribution in [0, 0.1) is 5.41 Å². The number of carbonyl (C=O) groups excluding carboxylic acids is 1. The highest BCUT2D eigenvalue weighted by atomic mass is 32.2. The monoisotopic (exact) mass is 451 g/mol. The summed E-state index contributed by atoms with van der Waals surface area (Å²) in [4.78, 5) is 14.7. The molecule has 1 aromatic carbocycles. The van der Waals surface area contributed by atoms with Gasteiger partial charge in [-0.1, -0.05) is 20.8 Å². The van der Waals surface area contributed by atoms with Crippen molar-refractivity contribution in [2.45, 2.75) is 88.9 Å². The van der Waals surface area contributed by atoms with Gasteiger partial charge in [0, 0.05) is 25.8 Å². The first-order valence-corrected chi connectivity index (χ1v) is 13.3. The van der Waals surface area contributed by atoms with Gasteiger partial charge in [0.25, 0.3) is 0 Å². The zero-order valence-electron chi connectivity index (χ0n) is 19.3. The van der Waals surface area contributed by atoms with E-state index in [1.807, 2.05) is 4.90 Å². The van der Waals surface area contributed by atoms with E-state index in [-0.39, 0.29) is 29.6 Å². The van der Waals surface area contributed by atoms with Gasteiger partial charge < -0.3 is 14.4 Å². The normalized spacial score (nSPS) is 23.5. The van der Waals surface area contributed by atoms with Crippen molar-refractivity contribution < 1.29 is 22.7 Å². The van der Waals surface area contributed by atoms with E-state index in [2.05, 4.69) is 20.8 Å². The average Bonchev–Trinajstić information content (AvgIpc) is 2.68. The Labute approximate surface area is 187 Å². The summed E-state index contributed by atoms with van der Waals surface area (Å²) in [5.41, 5.74) is 0.0287. The number of amides is 1. The third-order valence-electron chi connectivity index (χ3n) is 6.04. The first-order valence-electron chi connectivity index (χ1n) is 11.4. The molecule has 31 heavy (non-hydrogen) atoms. The molecule has 0 spiro atoms. The maximum atomic E-state index is 12.4. The van der Waals surface area contributed by atoms with Crippen molar-refractivity contribution in [3.8, 4) is 5.75 Å². The molecular formula is C24H37NO5S. The van der Waals surface area contributed by atoms with Crippen LogP contribution < -0.4 is 4.74 Å². The number of rotatable bonds is 6. The molecule has 1 saturated carbocycles. The van der Waals surface area contributed by atoms with E-state index in [0.29, 0.717) is 17.1 Å². The minimum absolute atomic E-state index is 0.0287. The molecule has 0 N–H and O–H groups in total. The highest BCUT2D eigenvalue weighted by molar-refractivity contribution is 7.90. The summed E-state index contributed by atoms with van der Waals surface area (Å²) in [6, 6.07) is 6.65. The Bertz CT molecular complexity index is 828. The molecule has 1 aliphatic heterocycles. The second-order valence-electron chi connectivity index (χ2n) is 10.2. The minimum atomic E-state index is -3.18. The molecule has 1 aliphatic carbocycles. The first kappa shape index (κ1) is 24.1. The van der Waals surface area contributed by atoms with E-state index in [4.69, 9.17) is 9.47 Å². The maximum absolute atomic E-state index is 12.4. The third kappa shape index (κ3) is 7.49. The number of sulfone groups is 1. The summed E-state index contributed by atoms with van der Waals surface area (Å²) in [5.74, 6) is 0.970. The topological polar surface area (TPSA) is 72.9 Å². The van der Waals surface area contributed by atoms with E-state index in [1.165, 1.54) is 6.26 Å². The molecule has 1 amide bonds. The molecule has 1 saturated heterocycles. The molecule has 2 aliphatic rings. The Hall–Kier alpha value is -1.60. The van der Waals surface area contributed by atoms with Crippen molar-refractivity contribution in [3.05, 3.63) is 24.3 Å². The van der Waals surface area contributed by atoms with Crippen molar-refractivity contribution in [1.82, 2.24) is 4.90 Å². The summed E-state index contributed by atoms with van der Waals surface area (Å²) in [7, 11) is -3.18. The lowest BCUT2D eigenvalue weighted by Gasteiger charge is -2.37. The van der Waals surface area contributed by atoms with Gasteiger partial charge in [0.15, 0.2) is 9.84 Å². The van der Waals surface area contributed by atoms with Gasteiger partial charge in [-0.3, -0.25) is 4.79 Å². The van der Waals surface area contributed by atoms with Crippen molar-refractivity contribution in [2.75, 3.05) is 19.3 Å². The highest BCUT2D eigenvalue weighted by Gasteiger charge is 2.29. The summed E-state index contributed by atoms with van der Waals surface area (Å²) in [6.45, 7) is 7.89. The number of nitrogens with zero attached hydrogens (tertiary/aromatic N) is 1. The van der Waals surface area contributed by atoms with Crippen LogP contribution in [0.5, 0.6) is 5.75 Å². The Balaban J connectivity index is 1.37. The number of benzene rings is 1. The van der Waals surface area contributed by atoms with Gasteiger partial charge in [-0.2, -0.15) is 0 Å². The fourth-order valence-corrected chi connectivity index (χ4v) is 4.95. The summed E-state index contributed by atoms with van der Waals surface area (Å²) < 4.78 is 35.5. The highest BCUT2D eigenvalue weighted by Crippen LogP contribution is 2.29. The van der Waals surface area contributed by atoms with Gasteiger partial charge >= 0.3 is 0 Å². The van der Waals surface area contributed by atoms with Crippen LogP contribution in [0.25, 0.3) is 0 Å². The van der Waals surface area contributed by atoms with Crippen LogP contribution in [0.15, 0.2) is 29.2 Å². The van der Waals surface area contributed by atoms with Gasteiger partial charge in [0.1, 0.15) is 5.75 Å². The van der Waals surface area contributed by atoms with Crippen LogP contribution in [0.1, 0.15) is 65.7 Å². The predicted molar refractivity (Wildman–Crippen MR) is 121 cm³/mol. The molecule has 6 nitrogen and oxygen atoms in total. The second-order valence-corrected chi connectivity index (χ2v) is 12.2. The summed E-state index contributed by atoms with van der Waals surface area (Å²) in [6.07, 6.45) is 8.07. The number of hydrogen-bond acceptors (Lipinski definition) is 5. The Morgan fingerprint density at radius 2 is 1.45 bits per heavy atom. The zero-order chi connectivity index (χ0) is 22.6. The standard InChI is InChI=1S/C24H37NO5S/c1-24(2,3)17-23(26)25-15-13-21(14-16-25)30-19-7-5-18(6-8-19)29-20-9-11-22(12-10-20)31(4,27)28/h9-12,18-19,21H,5-8,13-17H2,1-4H3/t18-,19-. The molecule has 3 rings (SSSR count). The molecule has 0 radical (unpaired) electrons. The molecule has 1 aromatic rings. The SMILES string of the molecule is CC(C)(C)CC(=O)N1CCC(O[C@H]2CC[C@H](Oc3ccc(S(C)(=O)=O)cc3)CC2)CC1.